The summed E-state index contributed by atoms with van der Waals surface area (Å²) in [6, 6.07) is 0. The summed E-state index contributed by atoms with van der Waals surface area (Å²) in [7, 11) is 3.74. The third-order valence-corrected chi connectivity index (χ3v) is 5.44. The SMILES string of the molecule is CNC(=O)C1CCCC12CCN(Cc1cn(C)nc1C)C2. The third-order valence-electron chi connectivity index (χ3n) is 5.44. The smallest absolute Gasteiger partial charge is 0.223 e. The molecule has 21 heavy (non-hydrogen) atoms. The summed E-state index contributed by atoms with van der Waals surface area (Å²) in [6.07, 6.45) is 6.72. The molecule has 2 aliphatic rings. The molecule has 2 unspecified atom stereocenters. The summed E-state index contributed by atoms with van der Waals surface area (Å²) in [5.74, 6) is 0.453. The Balaban J connectivity index is 1.70. The normalized spacial score (nSPS) is 29.4. The van der Waals surface area contributed by atoms with E-state index in [-0.39, 0.29) is 17.2 Å². The van der Waals surface area contributed by atoms with Crippen molar-refractivity contribution in [1.82, 2.24) is 20.0 Å². The Hall–Kier alpha value is -1.36. The molecule has 1 amide bonds. The second-order valence-corrected chi connectivity index (χ2v) is 6.80. The zero-order chi connectivity index (χ0) is 15.0. The van der Waals surface area contributed by atoms with Crippen molar-refractivity contribution >= 4 is 5.91 Å². The quantitative estimate of drug-likeness (QED) is 0.917. The first kappa shape index (κ1) is 14.6. The predicted molar refractivity (Wildman–Crippen MR) is 81.7 cm³/mol. The van der Waals surface area contributed by atoms with E-state index in [1.54, 1.807) is 7.05 Å². The molecule has 1 aromatic heterocycles. The van der Waals surface area contributed by atoms with E-state index in [0.29, 0.717) is 0 Å². The fourth-order valence-corrected chi connectivity index (χ4v) is 4.37. The molecule has 1 N–H and O–H groups in total. The summed E-state index contributed by atoms with van der Waals surface area (Å²) in [6.45, 7) is 5.19. The standard InChI is InChI=1S/C16H26N4O/c1-12-13(9-19(3)18-12)10-20-8-7-16(11-20)6-4-5-14(16)15(21)17-2/h9,14H,4-8,10-11H2,1-3H3,(H,17,21). The third kappa shape index (κ3) is 2.59. The van der Waals surface area contributed by atoms with E-state index < -0.39 is 0 Å². The average molecular weight is 290 g/mol. The van der Waals surface area contributed by atoms with Gasteiger partial charge in [-0.15, -0.1) is 0 Å². The van der Waals surface area contributed by atoms with Crippen molar-refractivity contribution in [1.29, 1.82) is 0 Å². The minimum atomic E-state index is 0.211. The molecule has 5 nitrogen and oxygen atoms in total. The summed E-state index contributed by atoms with van der Waals surface area (Å²) in [5, 5.41) is 7.29. The van der Waals surface area contributed by atoms with Gasteiger partial charge in [0.1, 0.15) is 0 Å². The monoisotopic (exact) mass is 290 g/mol. The molecule has 0 aromatic carbocycles. The number of nitrogens with zero attached hydrogens (tertiary/aromatic N) is 3. The van der Waals surface area contributed by atoms with Gasteiger partial charge in [0.25, 0.3) is 0 Å². The van der Waals surface area contributed by atoms with Gasteiger partial charge < -0.3 is 5.32 Å². The summed E-state index contributed by atoms with van der Waals surface area (Å²) < 4.78 is 1.89. The van der Waals surface area contributed by atoms with Crippen LogP contribution in [0.25, 0.3) is 0 Å². The van der Waals surface area contributed by atoms with Gasteiger partial charge in [0.2, 0.25) is 5.91 Å². The van der Waals surface area contributed by atoms with Crippen LogP contribution in [-0.2, 0) is 18.4 Å². The van der Waals surface area contributed by atoms with Gasteiger partial charge in [-0.1, -0.05) is 6.42 Å². The predicted octanol–water partition coefficient (Wildman–Crippen LogP) is 1.47. The van der Waals surface area contributed by atoms with Crippen LogP contribution in [0, 0.1) is 18.3 Å². The molecule has 0 radical (unpaired) electrons. The Morgan fingerprint density at radius 1 is 1.52 bits per heavy atom. The Bertz CT molecular complexity index is 538. The van der Waals surface area contributed by atoms with E-state index in [9.17, 15) is 4.79 Å². The van der Waals surface area contributed by atoms with Crippen LogP contribution in [0.5, 0.6) is 0 Å². The van der Waals surface area contributed by atoms with Crippen molar-refractivity contribution in [3.05, 3.63) is 17.5 Å². The lowest BCUT2D eigenvalue weighted by molar-refractivity contribution is -0.127. The van der Waals surface area contributed by atoms with Gasteiger partial charge in [0.15, 0.2) is 0 Å². The molecule has 1 aliphatic heterocycles. The van der Waals surface area contributed by atoms with Crippen molar-refractivity contribution in [3.63, 3.8) is 0 Å². The molecular weight excluding hydrogens is 264 g/mol. The number of aromatic nitrogens is 2. The molecule has 1 saturated carbocycles. The molecule has 0 bridgehead atoms. The van der Waals surface area contributed by atoms with Crippen LogP contribution in [0.2, 0.25) is 0 Å². The highest BCUT2D eigenvalue weighted by molar-refractivity contribution is 5.79. The first-order chi connectivity index (χ1) is 10.0. The van der Waals surface area contributed by atoms with Crippen molar-refractivity contribution in [2.75, 3.05) is 20.1 Å². The molecular formula is C16H26N4O. The molecule has 2 fully saturated rings. The summed E-state index contributed by atoms with van der Waals surface area (Å²) >= 11 is 0. The molecule has 3 rings (SSSR count). The minimum Gasteiger partial charge on any atom is -0.359 e. The van der Waals surface area contributed by atoms with E-state index >= 15 is 0 Å². The van der Waals surface area contributed by atoms with E-state index in [0.717, 1.165) is 38.2 Å². The lowest BCUT2D eigenvalue weighted by atomic mass is 9.76. The highest BCUT2D eigenvalue weighted by Gasteiger charge is 2.49. The molecule has 116 valence electrons. The number of carbonyl (C=O) groups excluding carboxylic acids is 1. The molecule has 1 aliphatic carbocycles. The van der Waals surface area contributed by atoms with E-state index in [1.807, 2.05) is 11.7 Å². The van der Waals surface area contributed by atoms with Crippen molar-refractivity contribution in [2.45, 2.75) is 39.2 Å². The first-order valence-corrected chi connectivity index (χ1v) is 7.97. The number of aryl methyl sites for hydroxylation is 2. The van der Waals surface area contributed by atoms with Gasteiger partial charge in [-0.2, -0.15) is 5.10 Å². The number of rotatable bonds is 3. The maximum absolute atomic E-state index is 12.2. The summed E-state index contributed by atoms with van der Waals surface area (Å²) in [5.41, 5.74) is 2.65. The minimum absolute atomic E-state index is 0.211. The van der Waals surface area contributed by atoms with Crippen LogP contribution >= 0.6 is 0 Å². The van der Waals surface area contributed by atoms with Gasteiger partial charge in [-0.25, -0.2) is 0 Å². The van der Waals surface area contributed by atoms with Crippen molar-refractivity contribution in [3.8, 4) is 0 Å². The second-order valence-electron chi connectivity index (χ2n) is 6.80. The first-order valence-electron chi connectivity index (χ1n) is 7.97. The topological polar surface area (TPSA) is 50.2 Å². The van der Waals surface area contributed by atoms with Crippen molar-refractivity contribution in [2.24, 2.45) is 18.4 Å². The largest absolute Gasteiger partial charge is 0.359 e. The maximum atomic E-state index is 12.2. The lowest BCUT2D eigenvalue weighted by Gasteiger charge is -2.30. The zero-order valence-electron chi connectivity index (χ0n) is 13.4. The van der Waals surface area contributed by atoms with Crippen LogP contribution in [0.4, 0.5) is 0 Å². The van der Waals surface area contributed by atoms with Crippen LogP contribution in [0.1, 0.15) is 36.9 Å². The molecule has 5 heteroatoms. The fourth-order valence-electron chi connectivity index (χ4n) is 4.37. The number of likely N-dealkylation sites (tertiary alicyclic amines) is 1. The van der Waals surface area contributed by atoms with Crippen LogP contribution in [-0.4, -0.2) is 40.7 Å². The Morgan fingerprint density at radius 2 is 2.33 bits per heavy atom. The second kappa shape index (κ2) is 5.44. The number of amides is 1. The Morgan fingerprint density at radius 3 is 3.00 bits per heavy atom. The van der Waals surface area contributed by atoms with Gasteiger partial charge in [-0.05, 0) is 38.1 Å². The molecule has 1 spiro atoms. The number of nitrogens with one attached hydrogen (secondary N) is 1. The van der Waals surface area contributed by atoms with E-state index in [1.165, 1.54) is 18.4 Å². The zero-order valence-corrected chi connectivity index (χ0v) is 13.4. The maximum Gasteiger partial charge on any atom is 0.223 e. The lowest BCUT2D eigenvalue weighted by Crippen LogP contribution is -2.39. The highest BCUT2D eigenvalue weighted by Crippen LogP contribution is 2.50. The van der Waals surface area contributed by atoms with Gasteiger partial charge in [0.05, 0.1) is 5.69 Å². The van der Waals surface area contributed by atoms with E-state index in [4.69, 9.17) is 0 Å². The van der Waals surface area contributed by atoms with Crippen molar-refractivity contribution < 1.29 is 4.79 Å². The Kier molecular flexibility index (Phi) is 3.78. The average Bonchev–Trinajstić information content (AvgIpc) is 3.12. The van der Waals surface area contributed by atoms with Crippen LogP contribution in [0.15, 0.2) is 6.20 Å². The van der Waals surface area contributed by atoms with Gasteiger partial charge >= 0.3 is 0 Å². The van der Waals surface area contributed by atoms with Crippen LogP contribution < -0.4 is 5.32 Å². The van der Waals surface area contributed by atoms with Gasteiger partial charge in [0, 0.05) is 44.9 Å². The Labute approximate surface area is 126 Å². The van der Waals surface area contributed by atoms with Crippen LogP contribution in [0.3, 0.4) is 0 Å². The number of hydrogen-bond donors (Lipinski definition) is 1. The van der Waals surface area contributed by atoms with E-state index in [2.05, 4.69) is 28.4 Å². The molecule has 2 atom stereocenters. The summed E-state index contributed by atoms with van der Waals surface area (Å²) in [4.78, 5) is 14.7. The molecule has 2 heterocycles. The molecule has 1 aromatic rings. The highest BCUT2D eigenvalue weighted by atomic mass is 16.1. The number of hydrogen-bond acceptors (Lipinski definition) is 3. The number of carbonyl (C=O) groups is 1. The van der Waals surface area contributed by atoms with Gasteiger partial charge in [-0.3, -0.25) is 14.4 Å². The molecule has 1 saturated heterocycles. The fraction of sp³-hybridized carbons (Fsp3) is 0.750.